The first-order valence-electron chi connectivity index (χ1n) is 4.01. The molecule has 0 amide bonds. The molecule has 0 radical (unpaired) electrons. The Labute approximate surface area is 86.3 Å². The van der Waals surface area contributed by atoms with E-state index < -0.39 is 6.10 Å². The molecular weight excluding hydrogens is 209 g/mol. The highest BCUT2D eigenvalue weighted by atomic mass is 35.5. The molecule has 0 saturated carbocycles. The molecule has 0 heterocycles. The second kappa shape index (κ2) is 3.14. The van der Waals surface area contributed by atoms with Gasteiger partial charge in [0.1, 0.15) is 0 Å². The number of benzene rings is 1. The third-order valence-corrected chi connectivity index (χ3v) is 2.87. The fourth-order valence-electron chi connectivity index (χ4n) is 1.72. The van der Waals surface area contributed by atoms with Crippen molar-refractivity contribution >= 4 is 23.2 Å². The van der Waals surface area contributed by atoms with Gasteiger partial charge in [-0.2, -0.15) is 0 Å². The lowest BCUT2D eigenvalue weighted by atomic mass is 10.1. The number of rotatable bonds is 0. The van der Waals surface area contributed by atoms with E-state index in [4.69, 9.17) is 28.9 Å². The lowest BCUT2D eigenvalue weighted by Gasteiger charge is -2.09. The molecule has 1 aromatic rings. The van der Waals surface area contributed by atoms with Crippen LogP contribution in [0.5, 0.6) is 0 Å². The number of fused-ring (bicyclic) bond motifs is 1. The quantitative estimate of drug-likeness (QED) is 0.698. The van der Waals surface area contributed by atoms with Gasteiger partial charge in [0.2, 0.25) is 0 Å². The number of nitrogens with two attached hydrogens (primary N) is 1. The average Bonchev–Trinajstić information content (AvgIpc) is 2.27. The summed E-state index contributed by atoms with van der Waals surface area (Å²) in [7, 11) is 0. The highest BCUT2D eigenvalue weighted by Gasteiger charge is 2.30. The van der Waals surface area contributed by atoms with Crippen molar-refractivity contribution in [3.63, 3.8) is 0 Å². The summed E-state index contributed by atoms with van der Waals surface area (Å²) >= 11 is 11.8. The summed E-state index contributed by atoms with van der Waals surface area (Å²) in [6, 6.07) is 3.17. The summed E-state index contributed by atoms with van der Waals surface area (Å²) in [5.41, 5.74) is 7.39. The molecule has 2 nitrogen and oxygen atoms in total. The minimum absolute atomic E-state index is 0.258. The number of hydrogen-bond acceptors (Lipinski definition) is 2. The highest BCUT2D eigenvalue weighted by molar-refractivity contribution is 6.35. The smallest absolute Gasteiger partial charge is 0.0961 e. The molecule has 0 bridgehead atoms. The van der Waals surface area contributed by atoms with Crippen molar-refractivity contribution in [2.75, 3.05) is 0 Å². The Bertz CT molecular complexity index is 354. The Morgan fingerprint density at radius 1 is 1.38 bits per heavy atom. The topological polar surface area (TPSA) is 46.2 Å². The van der Waals surface area contributed by atoms with E-state index in [9.17, 15) is 5.11 Å². The largest absolute Gasteiger partial charge is 0.387 e. The Kier molecular flexibility index (Phi) is 2.24. The molecule has 0 spiro atoms. The van der Waals surface area contributed by atoms with Crippen LogP contribution in [-0.4, -0.2) is 11.1 Å². The average molecular weight is 218 g/mol. The minimum Gasteiger partial charge on any atom is -0.387 e. The summed E-state index contributed by atoms with van der Waals surface area (Å²) in [5, 5.41) is 10.8. The Hall–Kier alpha value is -0.280. The van der Waals surface area contributed by atoms with Crippen LogP contribution in [0.25, 0.3) is 0 Å². The number of hydrogen-bond donors (Lipinski definition) is 2. The molecule has 1 aromatic carbocycles. The summed E-state index contributed by atoms with van der Waals surface area (Å²) in [5.74, 6) is 0. The normalized spacial score (nSPS) is 26.2. The van der Waals surface area contributed by atoms with E-state index in [-0.39, 0.29) is 6.04 Å². The first kappa shape index (κ1) is 9.28. The molecule has 0 unspecified atom stereocenters. The summed E-state index contributed by atoms with van der Waals surface area (Å²) in [6.45, 7) is 0. The lowest BCUT2D eigenvalue weighted by molar-refractivity contribution is 0.159. The second-order valence-corrected chi connectivity index (χ2v) is 4.12. The van der Waals surface area contributed by atoms with Crippen molar-refractivity contribution in [2.24, 2.45) is 5.73 Å². The van der Waals surface area contributed by atoms with Crippen LogP contribution in [0, 0.1) is 0 Å². The van der Waals surface area contributed by atoms with Crippen molar-refractivity contribution in [3.05, 3.63) is 33.3 Å². The van der Waals surface area contributed by atoms with Gasteiger partial charge in [0.15, 0.2) is 0 Å². The summed E-state index contributed by atoms with van der Waals surface area (Å²) < 4.78 is 0. The minimum atomic E-state index is -0.653. The molecule has 0 aliphatic heterocycles. The molecule has 0 fully saturated rings. The van der Waals surface area contributed by atoms with Crippen molar-refractivity contribution in [1.29, 1.82) is 0 Å². The maximum Gasteiger partial charge on any atom is 0.0961 e. The fraction of sp³-hybridized carbons (Fsp3) is 0.333. The van der Waals surface area contributed by atoms with Crippen molar-refractivity contribution in [3.8, 4) is 0 Å². The zero-order valence-electron chi connectivity index (χ0n) is 6.80. The van der Waals surface area contributed by atoms with Crippen molar-refractivity contribution in [2.45, 2.75) is 18.6 Å². The first-order chi connectivity index (χ1) is 6.09. The van der Waals surface area contributed by atoms with Crippen molar-refractivity contribution < 1.29 is 5.11 Å². The first-order valence-corrected chi connectivity index (χ1v) is 4.76. The molecule has 4 heteroatoms. The predicted octanol–water partition coefficient (Wildman–Crippen LogP) is 1.91. The molecule has 1 aliphatic rings. The maximum absolute atomic E-state index is 9.67. The number of halogens is 2. The van der Waals surface area contributed by atoms with Crippen molar-refractivity contribution in [1.82, 2.24) is 0 Å². The van der Waals surface area contributed by atoms with Crippen LogP contribution in [0.4, 0.5) is 0 Å². The number of aliphatic hydroxyl groups is 1. The molecule has 2 atom stereocenters. The van der Waals surface area contributed by atoms with Gasteiger partial charge < -0.3 is 10.8 Å². The molecular formula is C9H9Cl2NO. The van der Waals surface area contributed by atoms with E-state index in [1.54, 1.807) is 12.1 Å². The second-order valence-electron chi connectivity index (χ2n) is 3.27. The SMILES string of the molecule is N[C@H]1Cc2cc(Cl)cc(Cl)c2[C@H]1O. The van der Waals surface area contributed by atoms with Gasteiger partial charge in [-0.1, -0.05) is 23.2 Å². The molecule has 0 aromatic heterocycles. The number of aliphatic hydroxyl groups excluding tert-OH is 1. The van der Waals surface area contributed by atoms with Gasteiger partial charge in [0.25, 0.3) is 0 Å². The molecule has 0 saturated heterocycles. The van der Waals surface area contributed by atoms with Crippen LogP contribution in [0.1, 0.15) is 17.2 Å². The van der Waals surface area contributed by atoms with Gasteiger partial charge in [-0.15, -0.1) is 0 Å². The molecule has 3 N–H and O–H groups in total. The Balaban J connectivity index is 2.57. The standard InChI is InChI=1S/C9H9Cl2NO/c10-5-1-4-2-7(12)9(13)8(4)6(11)3-5/h1,3,7,9,13H,2,12H2/t7-,9-/m0/s1. The zero-order chi connectivity index (χ0) is 9.59. The van der Waals surface area contributed by atoms with E-state index in [0.29, 0.717) is 16.5 Å². The van der Waals surface area contributed by atoms with Gasteiger partial charge >= 0.3 is 0 Å². The Morgan fingerprint density at radius 2 is 2.08 bits per heavy atom. The monoisotopic (exact) mass is 217 g/mol. The molecule has 2 rings (SSSR count). The highest BCUT2D eigenvalue weighted by Crippen LogP contribution is 2.37. The van der Waals surface area contributed by atoms with E-state index >= 15 is 0 Å². The third kappa shape index (κ3) is 1.44. The van der Waals surface area contributed by atoms with Crippen LogP contribution >= 0.6 is 23.2 Å². The van der Waals surface area contributed by atoms with Crippen LogP contribution in [-0.2, 0) is 6.42 Å². The van der Waals surface area contributed by atoms with E-state index in [1.165, 1.54) is 0 Å². The summed E-state index contributed by atoms with van der Waals surface area (Å²) in [4.78, 5) is 0. The van der Waals surface area contributed by atoms with Crippen LogP contribution in [0.15, 0.2) is 12.1 Å². The van der Waals surface area contributed by atoms with Crippen LogP contribution < -0.4 is 5.73 Å². The third-order valence-electron chi connectivity index (χ3n) is 2.34. The van der Waals surface area contributed by atoms with Gasteiger partial charge in [-0.25, -0.2) is 0 Å². The molecule has 70 valence electrons. The predicted molar refractivity (Wildman–Crippen MR) is 53.1 cm³/mol. The molecule has 1 aliphatic carbocycles. The van der Waals surface area contributed by atoms with Crippen LogP contribution in [0.2, 0.25) is 10.0 Å². The Morgan fingerprint density at radius 3 is 2.77 bits per heavy atom. The van der Waals surface area contributed by atoms with E-state index in [2.05, 4.69) is 0 Å². The van der Waals surface area contributed by atoms with Gasteiger partial charge in [-0.3, -0.25) is 0 Å². The van der Waals surface area contributed by atoms with E-state index in [1.807, 2.05) is 0 Å². The van der Waals surface area contributed by atoms with Gasteiger partial charge in [0.05, 0.1) is 6.10 Å². The summed E-state index contributed by atoms with van der Waals surface area (Å²) in [6.07, 6.45) is -0.0173. The van der Waals surface area contributed by atoms with E-state index in [0.717, 1.165) is 11.1 Å². The maximum atomic E-state index is 9.67. The lowest BCUT2D eigenvalue weighted by Crippen LogP contribution is -2.24. The van der Waals surface area contributed by atoms with Gasteiger partial charge in [0, 0.05) is 21.7 Å². The molecule has 13 heavy (non-hydrogen) atoms. The zero-order valence-corrected chi connectivity index (χ0v) is 8.31. The van der Waals surface area contributed by atoms with Crippen LogP contribution in [0.3, 0.4) is 0 Å². The fourth-order valence-corrected chi connectivity index (χ4v) is 2.37. The van der Waals surface area contributed by atoms with Gasteiger partial charge in [-0.05, 0) is 24.1 Å².